The number of hydrogen-bond acceptors (Lipinski definition) is 6. The lowest BCUT2D eigenvalue weighted by atomic mass is 10.2. The Labute approximate surface area is 188 Å². The molecule has 1 amide bonds. The van der Waals surface area contributed by atoms with Gasteiger partial charge in [-0.3, -0.25) is 19.5 Å². The van der Waals surface area contributed by atoms with Gasteiger partial charge in [0.25, 0.3) is 5.69 Å². The summed E-state index contributed by atoms with van der Waals surface area (Å²) in [5, 5.41) is 23.1. The third-order valence-corrected chi connectivity index (χ3v) is 5.63. The van der Waals surface area contributed by atoms with Gasteiger partial charge >= 0.3 is 0 Å². The van der Waals surface area contributed by atoms with Crippen LogP contribution in [0.5, 0.6) is 0 Å². The number of anilines is 1. The van der Waals surface area contributed by atoms with Crippen molar-refractivity contribution in [2.24, 2.45) is 0 Å². The fourth-order valence-electron chi connectivity index (χ4n) is 3.16. The summed E-state index contributed by atoms with van der Waals surface area (Å²) in [5.41, 5.74) is 2.67. The summed E-state index contributed by atoms with van der Waals surface area (Å²) in [6, 6.07) is 24.0. The number of amides is 1. The topological polar surface area (TPSA) is 103 Å². The predicted molar refractivity (Wildman–Crippen MR) is 124 cm³/mol. The summed E-state index contributed by atoms with van der Waals surface area (Å²) < 4.78 is 1.91. The summed E-state index contributed by atoms with van der Waals surface area (Å²) in [5.74, 6) is 0.451. The van der Waals surface area contributed by atoms with Crippen molar-refractivity contribution in [1.29, 1.82) is 0 Å². The van der Waals surface area contributed by atoms with Crippen LogP contribution in [0.3, 0.4) is 0 Å². The molecule has 3 aromatic carbocycles. The van der Waals surface area contributed by atoms with Crippen molar-refractivity contribution in [3.05, 3.63) is 94.5 Å². The molecule has 0 saturated heterocycles. The average molecular weight is 446 g/mol. The van der Waals surface area contributed by atoms with Gasteiger partial charge in [-0.2, -0.15) is 0 Å². The Hall–Kier alpha value is -3.98. The standard InChI is InChI=1S/C23H19N5O3S/c1-16-12-13-18(14-20(16)28(30)31)24-21(29)15-32-23-26-25-22(17-8-4-2-5-9-17)27(23)19-10-6-3-7-11-19/h2-14H,15H2,1H3,(H,24,29). The Bertz CT molecular complexity index is 1260. The number of rotatable bonds is 7. The minimum absolute atomic E-state index is 0.0354. The fourth-order valence-corrected chi connectivity index (χ4v) is 3.91. The maximum absolute atomic E-state index is 12.5. The number of aromatic nitrogens is 3. The van der Waals surface area contributed by atoms with Crippen molar-refractivity contribution < 1.29 is 9.72 Å². The van der Waals surface area contributed by atoms with E-state index in [2.05, 4.69) is 15.5 Å². The van der Waals surface area contributed by atoms with Crippen molar-refractivity contribution in [3.8, 4) is 17.1 Å². The summed E-state index contributed by atoms with van der Waals surface area (Å²) in [4.78, 5) is 23.2. The molecule has 0 unspecified atom stereocenters. The Morgan fingerprint density at radius 1 is 1.03 bits per heavy atom. The molecule has 0 atom stereocenters. The monoisotopic (exact) mass is 445 g/mol. The minimum atomic E-state index is -0.465. The number of nitro benzene ring substituents is 1. The molecule has 0 radical (unpaired) electrons. The van der Waals surface area contributed by atoms with Crippen molar-refractivity contribution in [2.45, 2.75) is 12.1 Å². The van der Waals surface area contributed by atoms with Crippen LogP contribution in [0.1, 0.15) is 5.56 Å². The zero-order valence-electron chi connectivity index (χ0n) is 17.1. The Kier molecular flexibility index (Phi) is 6.27. The number of aryl methyl sites for hydroxylation is 1. The lowest BCUT2D eigenvalue weighted by molar-refractivity contribution is -0.385. The second kappa shape index (κ2) is 9.44. The lowest BCUT2D eigenvalue weighted by Crippen LogP contribution is -2.14. The van der Waals surface area contributed by atoms with E-state index in [1.807, 2.05) is 65.2 Å². The van der Waals surface area contributed by atoms with E-state index in [-0.39, 0.29) is 17.3 Å². The first-order chi connectivity index (χ1) is 15.5. The summed E-state index contributed by atoms with van der Waals surface area (Å²) in [7, 11) is 0. The van der Waals surface area contributed by atoms with Gasteiger partial charge in [0.2, 0.25) is 5.91 Å². The van der Waals surface area contributed by atoms with Crippen LogP contribution in [-0.2, 0) is 4.79 Å². The first-order valence-electron chi connectivity index (χ1n) is 9.77. The molecule has 1 N–H and O–H groups in total. The third-order valence-electron chi connectivity index (χ3n) is 4.70. The van der Waals surface area contributed by atoms with E-state index in [1.54, 1.807) is 19.1 Å². The van der Waals surface area contributed by atoms with E-state index in [9.17, 15) is 14.9 Å². The largest absolute Gasteiger partial charge is 0.325 e. The zero-order valence-corrected chi connectivity index (χ0v) is 18.0. The molecule has 0 saturated carbocycles. The fraction of sp³-hybridized carbons (Fsp3) is 0.0870. The molecule has 0 aliphatic rings. The smallest absolute Gasteiger partial charge is 0.274 e. The van der Waals surface area contributed by atoms with Gasteiger partial charge in [0, 0.05) is 28.6 Å². The lowest BCUT2D eigenvalue weighted by Gasteiger charge is -2.10. The van der Waals surface area contributed by atoms with Gasteiger partial charge in [-0.1, -0.05) is 66.4 Å². The number of nitro groups is 1. The summed E-state index contributed by atoms with van der Waals surface area (Å²) >= 11 is 1.24. The molecular weight excluding hydrogens is 426 g/mol. The van der Waals surface area contributed by atoms with E-state index in [0.29, 0.717) is 22.2 Å². The molecule has 4 aromatic rings. The second-order valence-electron chi connectivity index (χ2n) is 6.94. The molecule has 8 nitrogen and oxygen atoms in total. The molecule has 1 aromatic heterocycles. The number of carbonyl (C=O) groups is 1. The second-order valence-corrected chi connectivity index (χ2v) is 7.88. The Morgan fingerprint density at radius 3 is 2.41 bits per heavy atom. The maximum Gasteiger partial charge on any atom is 0.274 e. The van der Waals surface area contributed by atoms with Crippen LogP contribution in [-0.4, -0.2) is 31.3 Å². The van der Waals surface area contributed by atoms with Crippen molar-refractivity contribution >= 4 is 29.0 Å². The highest BCUT2D eigenvalue weighted by Gasteiger charge is 2.18. The summed E-state index contributed by atoms with van der Waals surface area (Å²) in [6.45, 7) is 1.65. The van der Waals surface area contributed by atoms with E-state index in [0.717, 1.165) is 11.3 Å². The van der Waals surface area contributed by atoms with Gasteiger partial charge < -0.3 is 5.32 Å². The first-order valence-corrected chi connectivity index (χ1v) is 10.8. The molecule has 32 heavy (non-hydrogen) atoms. The van der Waals surface area contributed by atoms with Crippen LogP contribution in [0.2, 0.25) is 0 Å². The molecule has 4 rings (SSSR count). The third kappa shape index (κ3) is 4.68. The van der Waals surface area contributed by atoms with Gasteiger partial charge in [0.1, 0.15) is 0 Å². The van der Waals surface area contributed by atoms with Crippen LogP contribution >= 0.6 is 11.8 Å². The molecule has 0 aliphatic heterocycles. The number of thioether (sulfide) groups is 1. The molecule has 0 spiro atoms. The highest BCUT2D eigenvalue weighted by Crippen LogP contribution is 2.28. The molecule has 9 heteroatoms. The van der Waals surface area contributed by atoms with Gasteiger partial charge in [-0.25, -0.2) is 0 Å². The SMILES string of the molecule is Cc1ccc(NC(=O)CSc2nnc(-c3ccccc3)n2-c2ccccc2)cc1[N+](=O)[O-]. The average Bonchev–Trinajstić information content (AvgIpc) is 3.24. The molecule has 0 bridgehead atoms. The molecule has 160 valence electrons. The summed E-state index contributed by atoms with van der Waals surface area (Å²) in [6.07, 6.45) is 0. The number of benzene rings is 3. The van der Waals surface area contributed by atoms with Crippen LogP contribution in [0.4, 0.5) is 11.4 Å². The quantitative estimate of drug-likeness (QED) is 0.247. The highest BCUT2D eigenvalue weighted by molar-refractivity contribution is 7.99. The predicted octanol–water partition coefficient (Wildman–Crippen LogP) is 4.88. The molecular formula is C23H19N5O3S. The van der Waals surface area contributed by atoms with Gasteiger partial charge in [-0.15, -0.1) is 10.2 Å². The van der Waals surface area contributed by atoms with E-state index in [4.69, 9.17) is 0 Å². The Morgan fingerprint density at radius 2 is 1.72 bits per heavy atom. The highest BCUT2D eigenvalue weighted by atomic mass is 32.2. The van der Waals surface area contributed by atoms with Crippen molar-refractivity contribution in [2.75, 3.05) is 11.1 Å². The number of carbonyl (C=O) groups excluding carboxylic acids is 1. The van der Waals surface area contributed by atoms with Gasteiger partial charge in [0.15, 0.2) is 11.0 Å². The molecule has 1 heterocycles. The van der Waals surface area contributed by atoms with Crippen molar-refractivity contribution in [1.82, 2.24) is 14.8 Å². The van der Waals surface area contributed by atoms with Crippen molar-refractivity contribution in [3.63, 3.8) is 0 Å². The minimum Gasteiger partial charge on any atom is -0.325 e. The first kappa shape index (κ1) is 21.3. The number of hydrogen-bond donors (Lipinski definition) is 1. The zero-order chi connectivity index (χ0) is 22.5. The Balaban J connectivity index is 1.55. The van der Waals surface area contributed by atoms with E-state index < -0.39 is 4.92 Å². The normalized spacial score (nSPS) is 10.7. The van der Waals surface area contributed by atoms with Crippen LogP contribution in [0.25, 0.3) is 17.1 Å². The number of nitrogens with one attached hydrogen (secondary N) is 1. The van der Waals surface area contributed by atoms with E-state index in [1.165, 1.54) is 17.8 Å². The van der Waals surface area contributed by atoms with Crippen LogP contribution in [0, 0.1) is 17.0 Å². The molecule has 0 fully saturated rings. The van der Waals surface area contributed by atoms with Gasteiger partial charge in [0.05, 0.1) is 10.7 Å². The molecule has 0 aliphatic carbocycles. The number of nitrogens with zero attached hydrogens (tertiary/aromatic N) is 4. The number of para-hydroxylation sites is 1. The van der Waals surface area contributed by atoms with Crippen LogP contribution < -0.4 is 5.32 Å². The van der Waals surface area contributed by atoms with E-state index >= 15 is 0 Å². The van der Waals surface area contributed by atoms with Crippen LogP contribution in [0.15, 0.2) is 84.0 Å². The maximum atomic E-state index is 12.5. The van der Waals surface area contributed by atoms with Gasteiger partial charge in [-0.05, 0) is 25.1 Å².